The van der Waals surface area contributed by atoms with E-state index in [2.05, 4.69) is 15.5 Å². The molecule has 3 aromatic rings. The molecule has 4 rings (SSSR count). The number of aromatic nitrogens is 2. The molecule has 5 nitrogen and oxygen atoms in total. The predicted octanol–water partition coefficient (Wildman–Crippen LogP) is 3.52. The topological polar surface area (TPSA) is 70.9 Å². The lowest BCUT2D eigenvalue weighted by Gasteiger charge is -2.09. The number of nitrogens with zero attached hydrogens (tertiary/aromatic N) is 1. The molecule has 1 saturated carbocycles. The number of rotatable bonds is 4. The summed E-state index contributed by atoms with van der Waals surface area (Å²) in [6.45, 7) is 1.91. The molecule has 5 heteroatoms. The van der Waals surface area contributed by atoms with Crippen LogP contribution in [0, 0.1) is 0 Å². The molecular weight excluding hydrogens is 278 g/mol. The molecule has 1 atom stereocenters. The highest BCUT2D eigenvalue weighted by molar-refractivity contribution is 5.92. The number of furan rings is 1. The number of aromatic amines is 1. The fraction of sp³-hybridized carbons (Fsp3) is 0.294. The van der Waals surface area contributed by atoms with Crippen LogP contribution >= 0.6 is 0 Å². The van der Waals surface area contributed by atoms with Crippen LogP contribution < -0.4 is 5.32 Å². The number of para-hydroxylation sites is 1. The van der Waals surface area contributed by atoms with E-state index in [0.717, 1.165) is 22.4 Å². The van der Waals surface area contributed by atoms with E-state index in [1.54, 1.807) is 0 Å². The van der Waals surface area contributed by atoms with Crippen molar-refractivity contribution in [2.24, 2.45) is 0 Å². The second-order valence-electron chi connectivity index (χ2n) is 5.86. The Kier molecular flexibility index (Phi) is 2.99. The number of hydrogen-bond donors (Lipinski definition) is 2. The average molecular weight is 295 g/mol. The summed E-state index contributed by atoms with van der Waals surface area (Å²) in [7, 11) is 0. The second-order valence-corrected chi connectivity index (χ2v) is 5.86. The molecule has 1 aromatic carbocycles. The molecule has 2 heterocycles. The van der Waals surface area contributed by atoms with Crippen LogP contribution in [0.4, 0.5) is 0 Å². The molecule has 112 valence electrons. The number of amides is 1. The minimum Gasteiger partial charge on any atom is -0.459 e. The van der Waals surface area contributed by atoms with Gasteiger partial charge in [0.25, 0.3) is 5.91 Å². The zero-order chi connectivity index (χ0) is 15.1. The van der Waals surface area contributed by atoms with Gasteiger partial charge in [0.15, 0.2) is 0 Å². The molecule has 1 fully saturated rings. The Bertz CT molecular complexity index is 796. The number of hydrogen-bond acceptors (Lipinski definition) is 3. The van der Waals surface area contributed by atoms with Crippen LogP contribution in [0.2, 0.25) is 0 Å². The zero-order valence-electron chi connectivity index (χ0n) is 12.3. The average Bonchev–Trinajstić information content (AvgIpc) is 3.10. The molecule has 1 aliphatic rings. The first-order valence-corrected chi connectivity index (χ1v) is 7.55. The summed E-state index contributed by atoms with van der Waals surface area (Å²) in [5, 5.41) is 11.0. The second kappa shape index (κ2) is 5.02. The summed E-state index contributed by atoms with van der Waals surface area (Å²) in [6, 6.07) is 11.4. The maximum atomic E-state index is 12.3. The monoisotopic (exact) mass is 295 g/mol. The van der Waals surface area contributed by atoms with Crippen molar-refractivity contribution in [2.75, 3.05) is 0 Å². The molecule has 22 heavy (non-hydrogen) atoms. The maximum Gasteiger partial charge on any atom is 0.272 e. The van der Waals surface area contributed by atoms with Gasteiger partial charge in [0.05, 0.1) is 6.04 Å². The lowest BCUT2D eigenvalue weighted by Crippen LogP contribution is -2.26. The van der Waals surface area contributed by atoms with Gasteiger partial charge in [-0.1, -0.05) is 18.2 Å². The van der Waals surface area contributed by atoms with Crippen molar-refractivity contribution in [1.29, 1.82) is 0 Å². The molecule has 0 spiro atoms. The van der Waals surface area contributed by atoms with Crippen LogP contribution in [0.5, 0.6) is 0 Å². The highest BCUT2D eigenvalue weighted by atomic mass is 16.3. The van der Waals surface area contributed by atoms with Crippen LogP contribution in [0.1, 0.15) is 53.7 Å². The first-order valence-electron chi connectivity index (χ1n) is 7.55. The Hall–Kier alpha value is -2.56. The first kappa shape index (κ1) is 13.1. The van der Waals surface area contributed by atoms with E-state index in [1.807, 2.05) is 43.3 Å². The molecule has 0 radical (unpaired) electrons. The van der Waals surface area contributed by atoms with Gasteiger partial charge in [0.2, 0.25) is 0 Å². The zero-order valence-corrected chi connectivity index (χ0v) is 12.3. The van der Waals surface area contributed by atoms with E-state index >= 15 is 0 Å². The van der Waals surface area contributed by atoms with E-state index in [9.17, 15) is 4.79 Å². The van der Waals surface area contributed by atoms with Crippen molar-refractivity contribution >= 4 is 16.9 Å². The number of nitrogens with one attached hydrogen (secondary N) is 2. The largest absolute Gasteiger partial charge is 0.459 e. The van der Waals surface area contributed by atoms with Gasteiger partial charge in [-0.05, 0) is 38.0 Å². The van der Waals surface area contributed by atoms with Gasteiger partial charge in [0.1, 0.15) is 17.0 Å². The Labute approximate surface area is 127 Å². The summed E-state index contributed by atoms with van der Waals surface area (Å²) >= 11 is 0. The van der Waals surface area contributed by atoms with Gasteiger partial charge < -0.3 is 9.73 Å². The molecule has 1 aliphatic carbocycles. The van der Waals surface area contributed by atoms with Crippen molar-refractivity contribution in [3.05, 3.63) is 53.5 Å². The lowest BCUT2D eigenvalue weighted by molar-refractivity contribution is 0.0930. The number of H-pyrrole nitrogens is 1. The van der Waals surface area contributed by atoms with Gasteiger partial charge in [-0.2, -0.15) is 5.10 Å². The molecule has 2 N–H and O–H groups in total. The van der Waals surface area contributed by atoms with E-state index in [4.69, 9.17) is 4.42 Å². The molecule has 1 amide bonds. The summed E-state index contributed by atoms with van der Waals surface area (Å²) in [5.41, 5.74) is 2.32. The quantitative estimate of drug-likeness (QED) is 0.773. The number of carbonyl (C=O) groups is 1. The van der Waals surface area contributed by atoms with Crippen LogP contribution in [-0.2, 0) is 0 Å². The lowest BCUT2D eigenvalue weighted by atomic mass is 10.2. The van der Waals surface area contributed by atoms with Crippen molar-refractivity contribution in [2.45, 2.75) is 31.7 Å². The van der Waals surface area contributed by atoms with Crippen molar-refractivity contribution in [1.82, 2.24) is 15.5 Å². The maximum absolute atomic E-state index is 12.3. The fourth-order valence-corrected chi connectivity index (χ4v) is 2.61. The molecule has 0 saturated heterocycles. The van der Waals surface area contributed by atoms with Crippen LogP contribution in [0.3, 0.4) is 0 Å². The minimum atomic E-state index is -0.207. The summed E-state index contributed by atoms with van der Waals surface area (Å²) < 4.78 is 5.78. The molecular formula is C17H17N3O2. The summed E-state index contributed by atoms with van der Waals surface area (Å²) in [4.78, 5) is 12.3. The highest BCUT2D eigenvalue weighted by Crippen LogP contribution is 2.39. The third-order valence-corrected chi connectivity index (χ3v) is 4.07. The standard InChI is InChI=1S/C17H17N3O2/c1-10(16-8-12-4-2-3-5-15(12)22-16)18-17(21)14-9-13(19-20-14)11-6-7-11/h2-5,8-11H,6-7H2,1H3,(H,18,21)(H,19,20)/t10-/m0/s1. The minimum absolute atomic E-state index is 0.184. The van der Waals surface area contributed by atoms with Crippen molar-refractivity contribution < 1.29 is 9.21 Å². The Morgan fingerprint density at radius 1 is 1.36 bits per heavy atom. The van der Waals surface area contributed by atoms with Gasteiger partial charge in [0, 0.05) is 17.0 Å². The smallest absolute Gasteiger partial charge is 0.272 e. The molecule has 2 aromatic heterocycles. The Morgan fingerprint density at radius 3 is 2.95 bits per heavy atom. The molecule has 0 unspecified atom stereocenters. The van der Waals surface area contributed by atoms with E-state index in [-0.39, 0.29) is 11.9 Å². The van der Waals surface area contributed by atoms with Crippen molar-refractivity contribution in [3.8, 4) is 0 Å². The molecule has 0 bridgehead atoms. The third-order valence-electron chi connectivity index (χ3n) is 4.07. The van der Waals surface area contributed by atoms with Crippen LogP contribution in [0.25, 0.3) is 11.0 Å². The van der Waals surface area contributed by atoms with E-state index < -0.39 is 0 Å². The predicted molar refractivity (Wildman–Crippen MR) is 82.7 cm³/mol. The fourth-order valence-electron chi connectivity index (χ4n) is 2.61. The third kappa shape index (κ3) is 2.39. The van der Waals surface area contributed by atoms with Gasteiger partial charge in [-0.25, -0.2) is 0 Å². The molecule has 0 aliphatic heterocycles. The Morgan fingerprint density at radius 2 is 2.18 bits per heavy atom. The van der Waals surface area contributed by atoms with Crippen LogP contribution in [0.15, 0.2) is 40.8 Å². The van der Waals surface area contributed by atoms with Gasteiger partial charge in [-0.3, -0.25) is 9.89 Å². The first-order chi connectivity index (χ1) is 10.7. The van der Waals surface area contributed by atoms with Crippen LogP contribution in [-0.4, -0.2) is 16.1 Å². The normalized spacial score (nSPS) is 15.9. The summed E-state index contributed by atoms with van der Waals surface area (Å²) in [5.74, 6) is 1.12. The summed E-state index contributed by atoms with van der Waals surface area (Å²) in [6.07, 6.45) is 2.36. The van der Waals surface area contributed by atoms with Gasteiger partial charge in [-0.15, -0.1) is 0 Å². The van der Waals surface area contributed by atoms with E-state index in [1.165, 1.54) is 12.8 Å². The Balaban J connectivity index is 1.50. The highest BCUT2D eigenvalue weighted by Gasteiger charge is 2.27. The van der Waals surface area contributed by atoms with E-state index in [0.29, 0.717) is 11.6 Å². The van der Waals surface area contributed by atoms with Crippen molar-refractivity contribution in [3.63, 3.8) is 0 Å². The number of benzene rings is 1. The van der Waals surface area contributed by atoms with Gasteiger partial charge >= 0.3 is 0 Å². The number of carbonyl (C=O) groups excluding carboxylic acids is 1. The number of fused-ring (bicyclic) bond motifs is 1. The SMILES string of the molecule is C[C@H](NC(=O)c1cc(C2CC2)[nH]n1)c1cc2ccccc2o1.